The smallest absolute Gasteiger partial charge is 0.295 e. The van der Waals surface area contributed by atoms with Crippen LogP contribution in [-0.2, 0) is 40.5 Å². The second-order valence-electron chi connectivity index (χ2n) is 11.7. The zero-order valence-electron chi connectivity index (χ0n) is 27.8. The molecule has 0 fully saturated rings. The van der Waals surface area contributed by atoms with Gasteiger partial charge >= 0.3 is 0 Å². The van der Waals surface area contributed by atoms with Crippen LogP contribution in [0, 0.1) is 0 Å². The van der Waals surface area contributed by atoms with Crippen LogP contribution in [-0.4, -0.2) is 73.4 Å². The summed E-state index contributed by atoms with van der Waals surface area (Å²) in [5.74, 6) is -1.45. The van der Waals surface area contributed by atoms with Crippen molar-refractivity contribution < 1.29 is 61.5 Å². The number of rotatable bonds is 10. The van der Waals surface area contributed by atoms with Crippen molar-refractivity contribution in [3.05, 3.63) is 142 Å². The molecule has 2 aliphatic carbocycles. The maximum Gasteiger partial charge on any atom is 0.295 e. The van der Waals surface area contributed by atoms with E-state index in [1.54, 1.807) is 0 Å². The average Bonchev–Trinajstić information content (AvgIpc) is 3.12. The number of nitrogens with zero attached hydrogens (tertiary/aromatic N) is 2. The quantitative estimate of drug-likeness (QED) is 0.0747. The van der Waals surface area contributed by atoms with Crippen molar-refractivity contribution in [3.63, 3.8) is 0 Å². The largest absolute Gasteiger partial charge is 0.361 e. The molecule has 4 aromatic rings. The van der Waals surface area contributed by atoms with Gasteiger partial charge in [-0.25, -0.2) is 0 Å². The fourth-order valence-electron chi connectivity index (χ4n) is 5.53. The lowest BCUT2D eigenvalue weighted by Crippen LogP contribution is -2.17. The summed E-state index contributed by atoms with van der Waals surface area (Å²) in [6, 6.07) is 12.2. The molecule has 18 nitrogen and oxygen atoms in total. The monoisotopic (exact) mass is 840 g/mol. The molecule has 2 aliphatic rings. The number of carbonyl (C=O) groups excluding carboxylic acids is 2. The molecule has 56 heavy (non-hydrogen) atoms. The minimum absolute atomic E-state index is 0.0267. The van der Waals surface area contributed by atoms with Crippen LogP contribution in [0.3, 0.4) is 0 Å². The molecule has 0 saturated heterocycles. The molecule has 0 amide bonds. The summed E-state index contributed by atoms with van der Waals surface area (Å²) in [6.07, 6.45) is 8.52. The van der Waals surface area contributed by atoms with E-state index in [9.17, 15) is 61.5 Å². The van der Waals surface area contributed by atoms with E-state index in [1.165, 1.54) is 60.9 Å². The van der Waals surface area contributed by atoms with E-state index in [4.69, 9.17) is 0 Å². The molecule has 2 aromatic heterocycles. The van der Waals surface area contributed by atoms with Crippen molar-refractivity contribution in [3.8, 4) is 0 Å². The van der Waals surface area contributed by atoms with Gasteiger partial charge in [0.05, 0.1) is 0 Å². The van der Waals surface area contributed by atoms with Crippen LogP contribution >= 0.6 is 0 Å². The van der Waals surface area contributed by atoms with E-state index in [1.807, 2.05) is 0 Å². The van der Waals surface area contributed by atoms with Gasteiger partial charge in [0.15, 0.2) is 0 Å². The van der Waals surface area contributed by atoms with E-state index in [0.29, 0.717) is 0 Å². The Labute approximate surface area is 318 Å². The third-order valence-electron chi connectivity index (χ3n) is 8.04. The average molecular weight is 841 g/mol. The molecule has 2 aromatic carbocycles. The molecule has 0 unspecified atom stereocenters. The Balaban J connectivity index is 1.30. The van der Waals surface area contributed by atoms with Gasteiger partial charge < -0.3 is 10.6 Å². The molecule has 2 heterocycles. The summed E-state index contributed by atoms with van der Waals surface area (Å²) in [5, 5.41) is 5.25. The highest BCUT2D eigenvalue weighted by atomic mass is 32.2. The molecule has 0 saturated carbocycles. The maximum atomic E-state index is 13.0. The first-order valence-electron chi connectivity index (χ1n) is 15.4. The predicted octanol–water partition coefficient (Wildman–Crippen LogP) is 3.98. The van der Waals surface area contributed by atoms with Crippen LogP contribution in [0.5, 0.6) is 0 Å². The van der Waals surface area contributed by atoms with E-state index >= 15 is 0 Å². The number of allylic oxidation sites excluding steroid dienone is 4. The summed E-state index contributed by atoms with van der Waals surface area (Å²) in [6.45, 7) is 0. The zero-order valence-corrected chi connectivity index (χ0v) is 31.1. The topological polar surface area (TPSA) is 301 Å². The summed E-state index contributed by atoms with van der Waals surface area (Å²) in [7, 11) is -19.5. The van der Waals surface area contributed by atoms with Crippen LogP contribution in [0.15, 0.2) is 119 Å². The Kier molecular flexibility index (Phi) is 10.3. The molecule has 6 rings (SSSR count). The lowest BCUT2D eigenvalue weighted by Gasteiger charge is -2.16. The fourth-order valence-corrected chi connectivity index (χ4v) is 8.38. The van der Waals surface area contributed by atoms with Gasteiger partial charge in [-0.05, 0) is 71.8 Å². The standard InChI is InChI=1S/C34H24N4O14S4/c39-33-21(13-29(55(47,48)49)25-3-1-11-35-31(25)33)17-37-23-9-7-19(27(15-23)53(41,42)43)5-6-20-8-10-24(16-28(20)54(44,45)46)38-18-22-14-30(56(50,51)52)26-4-2-12-36-32(26)34(22)40/h1-18,37-38H,(H,41,42,43)(H,44,45,46)(H,47,48,49)(H,50,51,52)/b6-5?,21-17+,22-18+. The summed E-state index contributed by atoms with van der Waals surface area (Å²) < 4.78 is 137. The van der Waals surface area contributed by atoms with Gasteiger partial charge in [-0.1, -0.05) is 24.3 Å². The van der Waals surface area contributed by atoms with Gasteiger partial charge in [-0.15, -0.1) is 0 Å². The van der Waals surface area contributed by atoms with Crippen molar-refractivity contribution in [2.24, 2.45) is 0 Å². The molecule has 0 spiro atoms. The van der Waals surface area contributed by atoms with Gasteiger partial charge in [0, 0.05) is 58.4 Å². The first-order chi connectivity index (χ1) is 26.1. The van der Waals surface area contributed by atoms with Crippen molar-refractivity contribution in [1.82, 2.24) is 9.97 Å². The second-order valence-corrected chi connectivity index (χ2v) is 17.3. The Bertz CT molecular complexity index is 2800. The number of carbonyl (C=O) groups is 2. The normalized spacial score (nSPS) is 16.4. The van der Waals surface area contributed by atoms with E-state index < -0.39 is 71.6 Å². The van der Waals surface area contributed by atoms with Crippen LogP contribution in [0.2, 0.25) is 0 Å². The van der Waals surface area contributed by atoms with Crippen molar-refractivity contribution >= 4 is 85.4 Å². The number of nitrogens with one attached hydrogen (secondary N) is 2. The van der Waals surface area contributed by atoms with E-state index in [-0.39, 0.29) is 56.2 Å². The van der Waals surface area contributed by atoms with Gasteiger partial charge in [-0.3, -0.25) is 37.8 Å². The highest BCUT2D eigenvalue weighted by Gasteiger charge is 2.31. The molecule has 22 heteroatoms. The predicted molar refractivity (Wildman–Crippen MR) is 201 cm³/mol. The van der Waals surface area contributed by atoms with Crippen LogP contribution in [0.4, 0.5) is 11.4 Å². The summed E-state index contributed by atoms with van der Waals surface area (Å²) >= 11 is 0. The molecular formula is C34H24N4O14S4. The first-order valence-corrected chi connectivity index (χ1v) is 21.1. The molecular weight excluding hydrogens is 817 g/mol. The molecule has 0 aliphatic heterocycles. The Morgan fingerprint density at radius 2 is 0.893 bits per heavy atom. The van der Waals surface area contributed by atoms with Gasteiger partial charge in [-0.2, -0.15) is 33.7 Å². The maximum absolute atomic E-state index is 13.0. The zero-order chi connectivity index (χ0) is 40.8. The minimum atomic E-state index is -4.97. The van der Waals surface area contributed by atoms with Gasteiger partial charge in [0.25, 0.3) is 40.5 Å². The number of anilines is 2. The Morgan fingerprint density at radius 3 is 1.23 bits per heavy atom. The number of fused-ring (bicyclic) bond motifs is 2. The third-order valence-corrected chi connectivity index (χ3v) is 11.6. The molecule has 0 bridgehead atoms. The number of aromatic nitrogens is 2. The number of Topliss-reactive ketones (excluding diaryl/α,β-unsaturated/α-hetero) is 2. The molecule has 6 N–H and O–H groups in total. The number of ketones is 2. The first kappa shape index (κ1) is 39.7. The number of hydrogen-bond donors (Lipinski definition) is 6. The Morgan fingerprint density at radius 1 is 0.518 bits per heavy atom. The number of benzene rings is 2. The third kappa shape index (κ3) is 8.31. The highest BCUT2D eigenvalue weighted by Crippen LogP contribution is 2.33. The van der Waals surface area contributed by atoms with Crippen LogP contribution < -0.4 is 10.6 Å². The molecule has 0 radical (unpaired) electrons. The second kappa shape index (κ2) is 14.6. The summed E-state index contributed by atoms with van der Waals surface area (Å²) in [5.41, 5.74) is -1.75. The lowest BCUT2D eigenvalue weighted by molar-refractivity contribution is 0.102. The molecule has 288 valence electrons. The number of hydrogen-bond acceptors (Lipinski definition) is 14. The van der Waals surface area contributed by atoms with Crippen LogP contribution in [0.1, 0.15) is 43.2 Å². The van der Waals surface area contributed by atoms with E-state index in [2.05, 4.69) is 20.6 Å². The number of pyridine rings is 2. The molecule has 0 atom stereocenters. The Hall–Kier alpha value is -5.98. The van der Waals surface area contributed by atoms with Crippen LogP contribution in [0.25, 0.3) is 22.0 Å². The highest BCUT2D eigenvalue weighted by molar-refractivity contribution is 7.95. The van der Waals surface area contributed by atoms with Crippen molar-refractivity contribution in [2.75, 3.05) is 10.6 Å². The van der Waals surface area contributed by atoms with Crippen molar-refractivity contribution in [2.45, 2.75) is 9.79 Å². The van der Waals surface area contributed by atoms with E-state index in [0.717, 1.165) is 48.8 Å². The van der Waals surface area contributed by atoms with Crippen molar-refractivity contribution in [1.29, 1.82) is 0 Å². The SMILES string of the molecule is O=C1/C(=C/Nc2ccc(C=Cc3ccc(N/C=C4\C=C(S(=O)(=O)O)c5cccnc5C4=O)cc3S(=O)(=O)O)c(S(=O)(=O)O)c2)C=C(S(=O)(=O)O)c2cccnc21. The lowest BCUT2D eigenvalue weighted by atomic mass is 9.97. The van der Waals surface area contributed by atoms with Gasteiger partial charge in [0.1, 0.15) is 31.0 Å². The van der Waals surface area contributed by atoms with Gasteiger partial charge in [0.2, 0.25) is 11.6 Å². The minimum Gasteiger partial charge on any atom is -0.361 e. The fraction of sp³-hybridized carbons (Fsp3) is 0. The summed E-state index contributed by atoms with van der Waals surface area (Å²) in [4.78, 5) is 31.2.